The number of nitrogen functional groups attached to an aromatic ring is 1. The van der Waals surface area contributed by atoms with Crippen LogP contribution >= 0.6 is 0 Å². The second-order valence-corrected chi connectivity index (χ2v) is 5.38. The molecular weight excluding hydrogens is 264 g/mol. The number of rotatable bonds is 7. The number of carbonyl (C=O) groups excluding carboxylic acids is 1. The third kappa shape index (κ3) is 4.99. The van der Waals surface area contributed by atoms with Gasteiger partial charge in [0.05, 0.1) is 23.9 Å². The number of amides is 1. The molecule has 5 nitrogen and oxygen atoms in total. The summed E-state index contributed by atoms with van der Waals surface area (Å²) in [7, 11) is 0. The van der Waals surface area contributed by atoms with Crippen LogP contribution in [-0.4, -0.2) is 25.5 Å². The number of nitrogens with two attached hydrogens (primary N) is 1. The van der Waals surface area contributed by atoms with Gasteiger partial charge in [0.15, 0.2) is 0 Å². The lowest BCUT2D eigenvalue weighted by molar-refractivity contribution is 0.0956. The van der Waals surface area contributed by atoms with Gasteiger partial charge in [0.1, 0.15) is 0 Å². The molecule has 0 unspecified atom stereocenters. The maximum atomic E-state index is 11.9. The van der Waals surface area contributed by atoms with Gasteiger partial charge in [-0.1, -0.05) is 13.8 Å². The first-order valence-corrected chi connectivity index (χ1v) is 7.29. The summed E-state index contributed by atoms with van der Waals surface area (Å²) in [6, 6.07) is 7.44. The van der Waals surface area contributed by atoms with Crippen LogP contribution in [0.4, 0.5) is 11.4 Å². The number of anilines is 2. The largest absolute Gasteiger partial charge is 0.397 e. The zero-order valence-corrected chi connectivity index (χ0v) is 13.0. The monoisotopic (exact) mass is 288 g/mol. The van der Waals surface area contributed by atoms with Crippen molar-refractivity contribution in [3.05, 3.63) is 23.8 Å². The van der Waals surface area contributed by atoms with Gasteiger partial charge in [0, 0.05) is 25.2 Å². The summed E-state index contributed by atoms with van der Waals surface area (Å²) in [6.45, 7) is 8.10. The molecule has 1 aromatic rings. The van der Waals surface area contributed by atoms with Gasteiger partial charge >= 0.3 is 0 Å². The highest BCUT2D eigenvalue weighted by atomic mass is 16.1. The lowest BCUT2D eigenvalue weighted by Gasteiger charge is -2.27. The molecule has 0 aromatic heterocycles. The fraction of sp³-hybridized carbons (Fsp3) is 0.500. The van der Waals surface area contributed by atoms with Crippen LogP contribution in [0.15, 0.2) is 18.2 Å². The highest BCUT2D eigenvalue weighted by Crippen LogP contribution is 2.26. The molecule has 0 fully saturated rings. The maximum absolute atomic E-state index is 11.9. The molecular formula is C16H24N4O. The Bertz CT molecular complexity index is 519. The molecule has 114 valence electrons. The fourth-order valence-electron chi connectivity index (χ4n) is 2.16. The molecule has 1 aromatic carbocycles. The second kappa shape index (κ2) is 8.15. The van der Waals surface area contributed by atoms with Crippen LogP contribution in [0.2, 0.25) is 0 Å². The third-order valence-electron chi connectivity index (χ3n) is 3.05. The van der Waals surface area contributed by atoms with E-state index in [1.54, 1.807) is 18.2 Å². The lowest BCUT2D eigenvalue weighted by atomic mass is 10.1. The highest BCUT2D eigenvalue weighted by molar-refractivity contribution is 5.96. The molecule has 1 rings (SSSR count). The number of hydrogen-bond donors (Lipinski definition) is 2. The first-order valence-electron chi connectivity index (χ1n) is 7.29. The van der Waals surface area contributed by atoms with Gasteiger partial charge in [-0.25, -0.2) is 0 Å². The minimum Gasteiger partial charge on any atom is -0.397 e. The Labute approximate surface area is 126 Å². The zero-order chi connectivity index (χ0) is 15.8. The van der Waals surface area contributed by atoms with Crippen molar-refractivity contribution in [1.82, 2.24) is 5.32 Å². The van der Waals surface area contributed by atoms with E-state index in [2.05, 4.69) is 30.1 Å². The molecule has 21 heavy (non-hydrogen) atoms. The predicted octanol–water partition coefficient (Wildman–Crippen LogP) is 2.39. The average molecular weight is 288 g/mol. The van der Waals surface area contributed by atoms with Crippen LogP contribution in [0.1, 0.15) is 37.6 Å². The Hall–Kier alpha value is -2.22. The molecule has 0 saturated carbocycles. The van der Waals surface area contributed by atoms with Crippen LogP contribution in [0.25, 0.3) is 0 Å². The van der Waals surface area contributed by atoms with Crippen molar-refractivity contribution in [1.29, 1.82) is 5.26 Å². The van der Waals surface area contributed by atoms with Crippen molar-refractivity contribution < 1.29 is 4.79 Å². The quantitative estimate of drug-likeness (QED) is 0.755. The molecule has 3 N–H and O–H groups in total. The van der Waals surface area contributed by atoms with Gasteiger partial charge in [-0.05, 0) is 31.0 Å². The van der Waals surface area contributed by atoms with E-state index in [0.717, 1.165) is 12.2 Å². The summed E-state index contributed by atoms with van der Waals surface area (Å²) in [5.74, 6) is 0.333. The van der Waals surface area contributed by atoms with E-state index >= 15 is 0 Å². The normalized spacial score (nSPS) is 10.2. The van der Waals surface area contributed by atoms with Gasteiger partial charge in [-0.15, -0.1) is 0 Å². The summed E-state index contributed by atoms with van der Waals surface area (Å²) >= 11 is 0. The zero-order valence-electron chi connectivity index (χ0n) is 13.0. The first-order chi connectivity index (χ1) is 9.99. The minimum absolute atomic E-state index is 0.108. The second-order valence-electron chi connectivity index (χ2n) is 5.38. The Morgan fingerprint density at radius 3 is 2.76 bits per heavy atom. The Balaban J connectivity index is 3.08. The van der Waals surface area contributed by atoms with Crippen LogP contribution in [0.3, 0.4) is 0 Å². The van der Waals surface area contributed by atoms with Crippen molar-refractivity contribution in [3.8, 4) is 6.07 Å². The van der Waals surface area contributed by atoms with Crippen molar-refractivity contribution >= 4 is 17.3 Å². The van der Waals surface area contributed by atoms with Gasteiger partial charge < -0.3 is 16.0 Å². The van der Waals surface area contributed by atoms with Crippen LogP contribution in [-0.2, 0) is 0 Å². The summed E-state index contributed by atoms with van der Waals surface area (Å²) < 4.78 is 0. The molecule has 1 amide bonds. The number of nitrogens with one attached hydrogen (secondary N) is 1. The smallest absolute Gasteiger partial charge is 0.251 e. The molecule has 0 radical (unpaired) electrons. The van der Waals surface area contributed by atoms with Gasteiger partial charge in [0.2, 0.25) is 0 Å². The van der Waals surface area contributed by atoms with Gasteiger partial charge in [-0.2, -0.15) is 5.26 Å². The third-order valence-corrected chi connectivity index (χ3v) is 3.05. The number of nitriles is 1. The van der Waals surface area contributed by atoms with Crippen molar-refractivity contribution in [2.75, 3.05) is 30.3 Å². The van der Waals surface area contributed by atoms with E-state index in [1.165, 1.54) is 0 Å². The maximum Gasteiger partial charge on any atom is 0.251 e. The van der Waals surface area contributed by atoms with E-state index in [1.807, 2.05) is 6.92 Å². The van der Waals surface area contributed by atoms with E-state index in [4.69, 9.17) is 11.0 Å². The Morgan fingerprint density at radius 1 is 1.48 bits per heavy atom. The number of hydrogen-bond acceptors (Lipinski definition) is 4. The molecule has 0 heterocycles. The molecule has 0 aliphatic rings. The van der Waals surface area contributed by atoms with Gasteiger partial charge in [-0.3, -0.25) is 4.79 Å². The standard InChI is InChI=1S/C16H24N4O/c1-4-19-16(21)13-6-7-14(18)15(10-13)20(9-5-8-17)11-12(2)3/h6-7,10,12H,4-5,9,11,18H2,1-3H3,(H,19,21). The Morgan fingerprint density at radius 2 is 2.19 bits per heavy atom. The average Bonchev–Trinajstić information content (AvgIpc) is 2.44. The summed E-state index contributed by atoms with van der Waals surface area (Å²) in [5, 5.41) is 11.6. The van der Waals surface area contributed by atoms with E-state index in [0.29, 0.717) is 36.7 Å². The first kappa shape index (κ1) is 16.8. The SMILES string of the molecule is CCNC(=O)c1ccc(N)c(N(CCC#N)CC(C)C)c1. The summed E-state index contributed by atoms with van der Waals surface area (Å²) in [6.07, 6.45) is 0.428. The van der Waals surface area contributed by atoms with Crippen LogP contribution < -0.4 is 16.0 Å². The molecule has 0 atom stereocenters. The highest BCUT2D eigenvalue weighted by Gasteiger charge is 2.14. The summed E-state index contributed by atoms with van der Waals surface area (Å²) in [4.78, 5) is 14.0. The van der Waals surface area contributed by atoms with E-state index in [9.17, 15) is 4.79 Å². The lowest BCUT2D eigenvalue weighted by Crippen LogP contribution is -2.30. The van der Waals surface area contributed by atoms with Crippen LogP contribution in [0.5, 0.6) is 0 Å². The van der Waals surface area contributed by atoms with Crippen molar-refractivity contribution in [2.45, 2.75) is 27.2 Å². The predicted molar refractivity (Wildman–Crippen MR) is 86.1 cm³/mol. The molecule has 0 spiro atoms. The number of nitrogens with zero attached hydrogens (tertiary/aromatic N) is 2. The Kier molecular flexibility index (Phi) is 6.54. The summed E-state index contributed by atoms with van der Waals surface area (Å²) in [5.41, 5.74) is 8.09. The van der Waals surface area contributed by atoms with Crippen molar-refractivity contribution in [3.63, 3.8) is 0 Å². The fourth-order valence-corrected chi connectivity index (χ4v) is 2.16. The minimum atomic E-state index is -0.108. The van der Waals surface area contributed by atoms with Gasteiger partial charge in [0.25, 0.3) is 5.91 Å². The topological polar surface area (TPSA) is 82.2 Å². The van der Waals surface area contributed by atoms with Crippen LogP contribution in [0, 0.1) is 17.2 Å². The number of carbonyl (C=O) groups is 1. The molecule has 0 aliphatic carbocycles. The molecule has 0 bridgehead atoms. The van der Waals surface area contributed by atoms with E-state index in [-0.39, 0.29) is 5.91 Å². The molecule has 5 heteroatoms. The van der Waals surface area contributed by atoms with Crippen molar-refractivity contribution in [2.24, 2.45) is 5.92 Å². The molecule has 0 aliphatic heterocycles. The molecule has 0 saturated heterocycles. The van der Waals surface area contributed by atoms with E-state index < -0.39 is 0 Å². The number of benzene rings is 1.